The van der Waals surface area contributed by atoms with Gasteiger partial charge in [-0.15, -0.1) is 0 Å². The molecule has 0 unspecified atom stereocenters. The molecule has 2 aromatic carbocycles. The van der Waals surface area contributed by atoms with Gasteiger partial charge in [0.25, 0.3) is 5.91 Å². The summed E-state index contributed by atoms with van der Waals surface area (Å²) < 4.78 is 10.9. The minimum absolute atomic E-state index is 0.0983. The maximum Gasteiger partial charge on any atom is 0.414 e. The van der Waals surface area contributed by atoms with E-state index in [9.17, 15) is 14.4 Å². The van der Waals surface area contributed by atoms with Crippen molar-refractivity contribution in [1.29, 1.82) is 0 Å². The molecule has 0 saturated carbocycles. The van der Waals surface area contributed by atoms with Crippen LogP contribution in [0.3, 0.4) is 0 Å². The molecule has 0 aromatic heterocycles. The number of para-hydroxylation sites is 1. The molecule has 1 saturated heterocycles. The lowest BCUT2D eigenvalue weighted by atomic mass is 10.2. The molecule has 1 aliphatic rings. The second kappa shape index (κ2) is 14.7. The standard InChI is InChI=1S/C29H38Cl2N6O5/c1-29(2,3)42-28(40)35-27(32-15-18-12-21(30)25(22(31)13-18)33-24(38)17-36(4)5)34-26(39)23-14-20(41-6)16-37(23)19-10-8-7-9-11-19/h7-13,20,23H,14-17H2,1-6H3,(H,33,38)(H2,32,34,35,39,40)/t20-,23+/m1/s1. The lowest BCUT2D eigenvalue weighted by Crippen LogP contribution is -2.45. The van der Waals surface area contributed by atoms with Crippen LogP contribution in [-0.4, -0.2) is 80.8 Å². The van der Waals surface area contributed by atoms with Gasteiger partial charge in [0.15, 0.2) is 0 Å². The number of alkyl carbamates (subject to hydrolysis) is 1. The van der Waals surface area contributed by atoms with Crippen LogP contribution in [0.5, 0.6) is 0 Å². The first kappa shape index (κ1) is 33.1. The summed E-state index contributed by atoms with van der Waals surface area (Å²) in [4.78, 5) is 46.2. The number of hydrogen-bond donors (Lipinski definition) is 3. The summed E-state index contributed by atoms with van der Waals surface area (Å²) in [6, 6.07) is 12.2. The number of nitrogens with zero attached hydrogens (tertiary/aromatic N) is 3. The van der Waals surface area contributed by atoms with Crippen LogP contribution in [0.1, 0.15) is 32.8 Å². The number of aliphatic imine (C=N–C) groups is 1. The van der Waals surface area contributed by atoms with Gasteiger partial charge in [0, 0.05) is 32.3 Å². The molecular formula is C29H38Cl2N6O5. The molecule has 3 amide bonds. The van der Waals surface area contributed by atoms with Gasteiger partial charge in [-0.3, -0.25) is 14.9 Å². The number of nitrogens with one attached hydrogen (secondary N) is 3. The van der Waals surface area contributed by atoms with E-state index in [4.69, 9.17) is 32.7 Å². The van der Waals surface area contributed by atoms with E-state index in [0.717, 1.165) is 5.69 Å². The molecule has 1 aliphatic heterocycles. The zero-order chi connectivity index (χ0) is 31.0. The molecular weight excluding hydrogens is 583 g/mol. The van der Waals surface area contributed by atoms with E-state index in [-0.39, 0.29) is 41.1 Å². The van der Waals surface area contributed by atoms with Crippen molar-refractivity contribution in [3.8, 4) is 0 Å². The summed E-state index contributed by atoms with van der Waals surface area (Å²) in [5, 5.41) is 8.70. The Morgan fingerprint density at radius 1 is 1.10 bits per heavy atom. The number of amides is 3. The van der Waals surface area contributed by atoms with Gasteiger partial charge in [-0.1, -0.05) is 41.4 Å². The highest BCUT2D eigenvalue weighted by atomic mass is 35.5. The maximum absolute atomic E-state index is 13.5. The Balaban J connectivity index is 1.83. The average molecular weight is 622 g/mol. The fourth-order valence-electron chi connectivity index (χ4n) is 4.30. The van der Waals surface area contributed by atoms with Gasteiger partial charge in [-0.25, -0.2) is 4.79 Å². The molecule has 2 aromatic rings. The van der Waals surface area contributed by atoms with Crippen LogP contribution in [0.15, 0.2) is 47.5 Å². The second-order valence-electron chi connectivity index (χ2n) is 11.1. The molecule has 42 heavy (non-hydrogen) atoms. The van der Waals surface area contributed by atoms with Gasteiger partial charge in [-0.2, -0.15) is 4.99 Å². The Bertz CT molecular complexity index is 1280. The van der Waals surface area contributed by atoms with Gasteiger partial charge in [0.2, 0.25) is 11.9 Å². The van der Waals surface area contributed by atoms with Gasteiger partial charge < -0.3 is 29.9 Å². The van der Waals surface area contributed by atoms with Crippen molar-refractivity contribution >= 4 is 58.4 Å². The van der Waals surface area contributed by atoms with Crippen LogP contribution < -0.4 is 20.9 Å². The molecule has 11 nitrogen and oxygen atoms in total. The van der Waals surface area contributed by atoms with Crippen molar-refractivity contribution in [2.45, 2.75) is 51.5 Å². The number of rotatable bonds is 8. The van der Waals surface area contributed by atoms with E-state index in [1.807, 2.05) is 35.2 Å². The van der Waals surface area contributed by atoms with Crippen molar-refractivity contribution in [1.82, 2.24) is 15.5 Å². The summed E-state index contributed by atoms with van der Waals surface area (Å²) in [5.41, 5.74) is 1.00. The topological polar surface area (TPSA) is 125 Å². The van der Waals surface area contributed by atoms with Crippen molar-refractivity contribution in [2.75, 3.05) is 44.5 Å². The SMILES string of the molecule is CO[C@@H]1C[C@@H](C(=O)/N=C(/NCc2cc(Cl)c(NC(=O)CN(C)C)c(Cl)c2)NC(=O)OC(C)(C)C)N(c2ccccc2)C1. The summed E-state index contributed by atoms with van der Waals surface area (Å²) in [7, 11) is 5.15. The Labute approximate surface area is 256 Å². The number of carbonyl (C=O) groups excluding carboxylic acids is 3. The predicted molar refractivity (Wildman–Crippen MR) is 165 cm³/mol. The number of halogens is 2. The Hall–Kier alpha value is -3.38. The highest BCUT2D eigenvalue weighted by Crippen LogP contribution is 2.32. The number of hydrogen-bond acceptors (Lipinski definition) is 7. The molecule has 0 aliphatic carbocycles. The Kier molecular flexibility index (Phi) is 11.6. The smallest absolute Gasteiger partial charge is 0.414 e. The largest absolute Gasteiger partial charge is 0.444 e. The maximum atomic E-state index is 13.5. The minimum atomic E-state index is -0.780. The van der Waals surface area contributed by atoms with Crippen molar-refractivity contribution < 1.29 is 23.9 Å². The predicted octanol–water partition coefficient (Wildman–Crippen LogP) is 4.28. The minimum Gasteiger partial charge on any atom is -0.444 e. The number of guanidine groups is 1. The van der Waals surface area contributed by atoms with Crippen LogP contribution in [0.25, 0.3) is 0 Å². The highest BCUT2D eigenvalue weighted by molar-refractivity contribution is 6.39. The lowest BCUT2D eigenvalue weighted by Gasteiger charge is -2.24. The van der Waals surface area contributed by atoms with Crippen molar-refractivity contribution in [2.24, 2.45) is 4.99 Å². The van der Waals surface area contributed by atoms with Crippen molar-refractivity contribution in [3.63, 3.8) is 0 Å². The van der Waals surface area contributed by atoms with E-state index in [2.05, 4.69) is 20.9 Å². The van der Waals surface area contributed by atoms with E-state index < -0.39 is 23.6 Å². The average Bonchev–Trinajstić information content (AvgIpc) is 3.33. The fraction of sp³-hybridized carbons (Fsp3) is 0.448. The number of likely N-dealkylation sites (N-methyl/N-ethyl adjacent to an activating group) is 1. The number of benzene rings is 2. The number of carbonyl (C=O) groups is 3. The monoisotopic (exact) mass is 620 g/mol. The summed E-state index contributed by atoms with van der Waals surface area (Å²) in [6.45, 7) is 5.96. The third-order valence-corrected chi connectivity index (χ3v) is 6.69. The van der Waals surface area contributed by atoms with E-state index in [1.54, 1.807) is 59.0 Å². The zero-order valence-corrected chi connectivity index (χ0v) is 26.2. The van der Waals surface area contributed by atoms with Gasteiger partial charge in [0.05, 0.1) is 28.4 Å². The van der Waals surface area contributed by atoms with Crippen molar-refractivity contribution in [3.05, 3.63) is 58.1 Å². The molecule has 0 spiro atoms. The fourth-order valence-corrected chi connectivity index (χ4v) is 4.93. The first-order valence-electron chi connectivity index (χ1n) is 13.4. The number of ether oxygens (including phenoxy) is 2. The van der Waals surface area contributed by atoms with Crippen LogP contribution in [0.4, 0.5) is 16.2 Å². The summed E-state index contributed by atoms with van der Waals surface area (Å²) in [6.07, 6.45) is -0.511. The Morgan fingerprint density at radius 3 is 2.31 bits per heavy atom. The van der Waals surface area contributed by atoms with E-state index in [1.165, 1.54) is 0 Å². The second-order valence-corrected chi connectivity index (χ2v) is 11.9. The summed E-state index contributed by atoms with van der Waals surface area (Å²) in [5.74, 6) is -0.831. The molecule has 228 valence electrons. The lowest BCUT2D eigenvalue weighted by molar-refractivity contribution is -0.119. The van der Waals surface area contributed by atoms with Crippen LogP contribution in [0, 0.1) is 0 Å². The quantitative estimate of drug-likeness (QED) is 0.295. The molecule has 3 N–H and O–H groups in total. The first-order valence-corrected chi connectivity index (χ1v) is 14.1. The molecule has 2 atom stereocenters. The van der Waals surface area contributed by atoms with E-state index in [0.29, 0.717) is 24.2 Å². The molecule has 0 radical (unpaired) electrons. The molecule has 13 heteroatoms. The third-order valence-electron chi connectivity index (χ3n) is 6.10. The number of anilines is 2. The third kappa shape index (κ3) is 9.87. The van der Waals surface area contributed by atoms with Gasteiger partial charge in [0.1, 0.15) is 11.6 Å². The number of methoxy groups -OCH3 is 1. The van der Waals surface area contributed by atoms with E-state index >= 15 is 0 Å². The van der Waals surface area contributed by atoms with Gasteiger partial charge >= 0.3 is 6.09 Å². The van der Waals surface area contributed by atoms with Crippen LogP contribution in [-0.2, 0) is 25.6 Å². The highest BCUT2D eigenvalue weighted by Gasteiger charge is 2.37. The zero-order valence-electron chi connectivity index (χ0n) is 24.7. The van der Waals surface area contributed by atoms with Crippen LogP contribution >= 0.6 is 23.2 Å². The molecule has 3 rings (SSSR count). The van der Waals surface area contributed by atoms with Crippen LogP contribution in [0.2, 0.25) is 10.0 Å². The molecule has 0 bridgehead atoms. The first-order chi connectivity index (χ1) is 19.8. The summed E-state index contributed by atoms with van der Waals surface area (Å²) >= 11 is 12.9. The Morgan fingerprint density at radius 2 is 1.74 bits per heavy atom. The molecule has 1 heterocycles. The normalized spacial score (nSPS) is 17.3. The van der Waals surface area contributed by atoms with Gasteiger partial charge in [-0.05, 0) is 64.7 Å². The molecule has 1 fully saturated rings.